The van der Waals surface area contributed by atoms with Crippen molar-refractivity contribution in [2.75, 3.05) is 20.8 Å². The van der Waals surface area contributed by atoms with E-state index in [1.54, 1.807) is 31.3 Å². The Labute approximate surface area is 163 Å². The Balaban J connectivity index is 1.48. The zero-order valence-electron chi connectivity index (χ0n) is 16.4. The predicted octanol–water partition coefficient (Wildman–Crippen LogP) is 2.78. The van der Waals surface area contributed by atoms with E-state index in [0.29, 0.717) is 36.0 Å². The monoisotopic (exact) mass is 381 g/mol. The summed E-state index contributed by atoms with van der Waals surface area (Å²) in [6.07, 6.45) is 4.58. The molecule has 0 spiro atoms. The van der Waals surface area contributed by atoms with Gasteiger partial charge in [-0.1, -0.05) is 0 Å². The van der Waals surface area contributed by atoms with Crippen LogP contribution in [0.1, 0.15) is 23.9 Å². The predicted molar refractivity (Wildman–Crippen MR) is 103 cm³/mol. The Kier molecular flexibility index (Phi) is 4.85. The van der Waals surface area contributed by atoms with Gasteiger partial charge in [-0.15, -0.1) is 5.10 Å². The first-order chi connectivity index (χ1) is 13.6. The van der Waals surface area contributed by atoms with Gasteiger partial charge in [-0.05, 0) is 25.5 Å². The minimum Gasteiger partial charge on any atom is -0.495 e. The maximum absolute atomic E-state index is 6.11. The highest BCUT2D eigenvalue weighted by Crippen LogP contribution is 2.47. The molecule has 2 atom stereocenters. The SMILES string of the molecule is COc1ccc([C@H]2C[C@@H]2COc2nc(C)ncc2-c2cc(OC)nn2C)nc1. The lowest BCUT2D eigenvalue weighted by Gasteiger charge is -2.11. The number of aromatic nitrogens is 5. The van der Waals surface area contributed by atoms with Gasteiger partial charge < -0.3 is 14.2 Å². The van der Waals surface area contributed by atoms with Gasteiger partial charge >= 0.3 is 0 Å². The van der Waals surface area contributed by atoms with Crippen molar-refractivity contribution in [3.63, 3.8) is 0 Å². The molecule has 1 saturated carbocycles. The molecule has 146 valence electrons. The lowest BCUT2D eigenvalue weighted by molar-refractivity contribution is 0.285. The molecule has 3 aromatic rings. The highest BCUT2D eigenvalue weighted by molar-refractivity contribution is 5.65. The van der Waals surface area contributed by atoms with E-state index < -0.39 is 0 Å². The molecule has 1 fully saturated rings. The second-order valence-electron chi connectivity index (χ2n) is 6.87. The van der Waals surface area contributed by atoms with Crippen molar-refractivity contribution in [1.82, 2.24) is 24.7 Å². The lowest BCUT2D eigenvalue weighted by Crippen LogP contribution is -2.06. The third-order valence-electron chi connectivity index (χ3n) is 4.95. The second-order valence-corrected chi connectivity index (χ2v) is 6.87. The minimum atomic E-state index is 0.411. The van der Waals surface area contributed by atoms with E-state index in [1.165, 1.54) is 0 Å². The maximum atomic E-state index is 6.11. The van der Waals surface area contributed by atoms with Crippen LogP contribution in [0.5, 0.6) is 17.5 Å². The molecule has 0 amide bonds. The van der Waals surface area contributed by atoms with E-state index >= 15 is 0 Å². The summed E-state index contributed by atoms with van der Waals surface area (Å²) in [6, 6.07) is 5.81. The Bertz CT molecular complexity index is 970. The first kappa shape index (κ1) is 18.2. The third kappa shape index (κ3) is 3.62. The number of hydrogen-bond acceptors (Lipinski definition) is 7. The van der Waals surface area contributed by atoms with Crippen LogP contribution in [0.3, 0.4) is 0 Å². The van der Waals surface area contributed by atoms with Crippen molar-refractivity contribution >= 4 is 0 Å². The number of hydrogen-bond donors (Lipinski definition) is 0. The molecule has 1 aliphatic carbocycles. The lowest BCUT2D eigenvalue weighted by atomic mass is 10.2. The molecule has 3 heterocycles. The first-order valence-electron chi connectivity index (χ1n) is 9.13. The molecule has 0 unspecified atom stereocenters. The van der Waals surface area contributed by atoms with Crippen LogP contribution in [0.15, 0.2) is 30.6 Å². The van der Waals surface area contributed by atoms with Gasteiger partial charge in [-0.25, -0.2) is 4.98 Å². The Morgan fingerprint density at radius 1 is 1.14 bits per heavy atom. The highest BCUT2D eigenvalue weighted by atomic mass is 16.5. The van der Waals surface area contributed by atoms with E-state index in [-0.39, 0.29) is 0 Å². The third-order valence-corrected chi connectivity index (χ3v) is 4.95. The van der Waals surface area contributed by atoms with Crippen molar-refractivity contribution in [3.05, 3.63) is 42.1 Å². The summed E-state index contributed by atoms with van der Waals surface area (Å²) in [6.45, 7) is 2.43. The molecule has 1 aliphatic rings. The molecule has 4 rings (SSSR count). The quantitative estimate of drug-likeness (QED) is 0.622. The standard InChI is InChI=1S/C20H23N5O3/c1-12-21-10-16(18-8-19(27-4)24-25(18)2)20(23-12)28-11-13-7-15(13)17-6-5-14(26-3)9-22-17/h5-6,8-10,13,15H,7,11H2,1-4H3/t13-,15+/m1/s1. The minimum absolute atomic E-state index is 0.411. The normalized spacial score (nSPS) is 18.0. The number of pyridine rings is 1. The molecule has 0 bridgehead atoms. The summed E-state index contributed by atoms with van der Waals surface area (Å²) in [4.78, 5) is 13.3. The number of aryl methyl sites for hydroxylation is 2. The smallest absolute Gasteiger partial charge is 0.233 e. The second kappa shape index (κ2) is 7.46. The van der Waals surface area contributed by atoms with Crippen LogP contribution in [-0.2, 0) is 7.05 Å². The van der Waals surface area contributed by atoms with E-state index in [4.69, 9.17) is 14.2 Å². The van der Waals surface area contributed by atoms with Crippen LogP contribution in [0, 0.1) is 12.8 Å². The van der Waals surface area contributed by atoms with Crippen LogP contribution in [0.4, 0.5) is 0 Å². The van der Waals surface area contributed by atoms with Gasteiger partial charge in [0.2, 0.25) is 11.8 Å². The summed E-state index contributed by atoms with van der Waals surface area (Å²) in [7, 11) is 5.09. The number of ether oxygens (including phenoxy) is 3. The van der Waals surface area contributed by atoms with Gasteiger partial charge in [0, 0.05) is 36.8 Å². The largest absolute Gasteiger partial charge is 0.495 e. The summed E-state index contributed by atoms with van der Waals surface area (Å²) in [5.41, 5.74) is 2.71. The fourth-order valence-electron chi connectivity index (χ4n) is 3.24. The van der Waals surface area contributed by atoms with E-state index in [2.05, 4.69) is 20.1 Å². The summed E-state index contributed by atoms with van der Waals surface area (Å²) in [5, 5.41) is 4.31. The van der Waals surface area contributed by atoms with Gasteiger partial charge in [0.05, 0.1) is 38.3 Å². The molecule has 0 radical (unpaired) electrons. The molecule has 0 saturated heterocycles. The molecular formula is C20H23N5O3. The van der Waals surface area contributed by atoms with Gasteiger partial charge in [-0.2, -0.15) is 4.98 Å². The van der Waals surface area contributed by atoms with E-state index in [0.717, 1.165) is 29.1 Å². The number of nitrogens with zero attached hydrogens (tertiary/aromatic N) is 5. The Morgan fingerprint density at radius 3 is 2.68 bits per heavy atom. The number of methoxy groups -OCH3 is 2. The molecule has 28 heavy (non-hydrogen) atoms. The van der Waals surface area contributed by atoms with E-state index in [9.17, 15) is 0 Å². The Hall–Kier alpha value is -3.16. The average molecular weight is 381 g/mol. The van der Waals surface area contributed by atoms with Crippen LogP contribution >= 0.6 is 0 Å². The van der Waals surface area contributed by atoms with Crippen LogP contribution in [-0.4, -0.2) is 45.6 Å². The summed E-state index contributed by atoms with van der Waals surface area (Å²) < 4.78 is 18.2. The molecular weight excluding hydrogens is 358 g/mol. The van der Waals surface area contributed by atoms with Crippen molar-refractivity contribution in [2.45, 2.75) is 19.3 Å². The fourth-order valence-corrected chi connectivity index (χ4v) is 3.24. The maximum Gasteiger partial charge on any atom is 0.233 e. The molecule has 8 nitrogen and oxygen atoms in total. The van der Waals surface area contributed by atoms with Gasteiger partial charge in [0.25, 0.3) is 0 Å². The van der Waals surface area contributed by atoms with Crippen molar-refractivity contribution in [3.8, 4) is 28.8 Å². The van der Waals surface area contributed by atoms with Crippen molar-refractivity contribution in [2.24, 2.45) is 13.0 Å². The Morgan fingerprint density at radius 2 is 2.00 bits per heavy atom. The molecule has 0 N–H and O–H groups in total. The summed E-state index contributed by atoms with van der Waals surface area (Å²) in [5.74, 6) is 3.37. The summed E-state index contributed by atoms with van der Waals surface area (Å²) >= 11 is 0. The fraction of sp³-hybridized carbons (Fsp3) is 0.400. The van der Waals surface area contributed by atoms with Gasteiger partial charge in [0.15, 0.2) is 0 Å². The highest BCUT2D eigenvalue weighted by Gasteiger charge is 2.40. The molecule has 3 aromatic heterocycles. The molecule has 8 heteroatoms. The van der Waals surface area contributed by atoms with E-state index in [1.807, 2.05) is 32.2 Å². The van der Waals surface area contributed by atoms with Crippen LogP contribution in [0.2, 0.25) is 0 Å². The van der Waals surface area contributed by atoms with Crippen molar-refractivity contribution < 1.29 is 14.2 Å². The zero-order chi connectivity index (χ0) is 19.7. The topological polar surface area (TPSA) is 84.2 Å². The zero-order valence-corrected chi connectivity index (χ0v) is 16.4. The number of rotatable bonds is 7. The average Bonchev–Trinajstić information content (AvgIpc) is 3.40. The molecule has 0 aliphatic heterocycles. The van der Waals surface area contributed by atoms with Crippen LogP contribution < -0.4 is 14.2 Å². The van der Waals surface area contributed by atoms with Gasteiger partial charge in [-0.3, -0.25) is 9.67 Å². The van der Waals surface area contributed by atoms with Gasteiger partial charge in [0.1, 0.15) is 11.6 Å². The van der Waals surface area contributed by atoms with Crippen molar-refractivity contribution in [1.29, 1.82) is 0 Å². The molecule has 0 aromatic carbocycles. The van der Waals surface area contributed by atoms with Crippen LogP contribution in [0.25, 0.3) is 11.3 Å². The first-order valence-corrected chi connectivity index (χ1v) is 9.13.